The summed E-state index contributed by atoms with van der Waals surface area (Å²) in [6, 6.07) is 6.92. The van der Waals surface area contributed by atoms with Crippen molar-refractivity contribution in [3.63, 3.8) is 0 Å². The number of alkyl halides is 3. The first kappa shape index (κ1) is 24.1. The van der Waals surface area contributed by atoms with Crippen LogP contribution < -0.4 is 5.32 Å². The molecule has 0 aliphatic heterocycles. The Morgan fingerprint density at radius 3 is 2.48 bits per heavy atom. The molecule has 2 aromatic heterocycles. The molecule has 1 aromatic carbocycles. The molecule has 1 aliphatic carbocycles. The summed E-state index contributed by atoms with van der Waals surface area (Å²) in [6.45, 7) is 2.18. The van der Waals surface area contributed by atoms with E-state index in [0.29, 0.717) is 33.7 Å². The van der Waals surface area contributed by atoms with E-state index in [2.05, 4.69) is 31.4 Å². The molecular formula is C21H19BrCl2F3N5O. The highest BCUT2D eigenvalue weighted by Crippen LogP contribution is 2.47. The summed E-state index contributed by atoms with van der Waals surface area (Å²) >= 11 is 15.5. The third-order valence-electron chi connectivity index (χ3n) is 5.33. The minimum absolute atomic E-state index is 0.0287. The van der Waals surface area contributed by atoms with Crippen molar-refractivity contribution < 1.29 is 18.0 Å². The van der Waals surface area contributed by atoms with Crippen molar-refractivity contribution in [2.45, 2.75) is 51.4 Å². The second kappa shape index (κ2) is 9.31. The number of benzene rings is 1. The molecule has 1 aliphatic rings. The Morgan fingerprint density at radius 1 is 1.21 bits per heavy atom. The summed E-state index contributed by atoms with van der Waals surface area (Å²) in [5.41, 5.74) is 1.02. The van der Waals surface area contributed by atoms with Gasteiger partial charge in [-0.05, 0) is 47.8 Å². The van der Waals surface area contributed by atoms with Gasteiger partial charge in [0.2, 0.25) is 5.91 Å². The average Bonchev–Trinajstić information content (AvgIpc) is 3.41. The molecule has 2 heterocycles. The van der Waals surface area contributed by atoms with E-state index in [1.54, 1.807) is 28.9 Å². The van der Waals surface area contributed by atoms with Gasteiger partial charge < -0.3 is 5.32 Å². The first-order valence-electron chi connectivity index (χ1n) is 10.1. The maximum Gasteiger partial charge on any atom is 0.436 e. The highest BCUT2D eigenvalue weighted by atomic mass is 79.9. The van der Waals surface area contributed by atoms with E-state index >= 15 is 0 Å². The molecule has 1 N–H and O–H groups in total. The Balaban J connectivity index is 1.43. The van der Waals surface area contributed by atoms with Crippen LogP contribution in [0, 0.1) is 6.92 Å². The normalized spacial score (nSPS) is 14.0. The third-order valence-corrected chi connectivity index (χ3v) is 6.82. The van der Waals surface area contributed by atoms with Gasteiger partial charge in [-0.3, -0.25) is 14.2 Å². The third kappa shape index (κ3) is 5.38. The molecule has 33 heavy (non-hydrogen) atoms. The second-order valence-electron chi connectivity index (χ2n) is 7.87. The molecule has 176 valence electrons. The minimum atomic E-state index is -4.56. The number of rotatable bonds is 7. The maximum absolute atomic E-state index is 13.2. The zero-order valence-electron chi connectivity index (χ0n) is 17.4. The van der Waals surface area contributed by atoms with E-state index in [1.165, 1.54) is 4.68 Å². The minimum Gasteiger partial charge on any atom is -0.309 e. The van der Waals surface area contributed by atoms with Crippen LogP contribution in [0.5, 0.6) is 0 Å². The lowest BCUT2D eigenvalue weighted by molar-refractivity contribution is -0.142. The fourth-order valence-electron chi connectivity index (χ4n) is 3.53. The van der Waals surface area contributed by atoms with E-state index in [0.717, 1.165) is 18.5 Å². The highest BCUT2D eigenvalue weighted by Gasteiger charge is 2.41. The molecule has 6 nitrogen and oxygen atoms in total. The van der Waals surface area contributed by atoms with E-state index in [4.69, 9.17) is 23.2 Å². The van der Waals surface area contributed by atoms with Gasteiger partial charge in [-0.25, -0.2) is 0 Å². The smallest absolute Gasteiger partial charge is 0.309 e. The van der Waals surface area contributed by atoms with Gasteiger partial charge in [0.15, 0.2) is 11.5 Å². The van der Waals surface area contributed by atoms with Gasteiger partial charge >= 0.3 is 6.18 Å². The number of aromatic nitrogens is 4. The van der Waals surface area contributed by atoms with Crippen molar-refractivity contribution in [1.29, 1.82) is 0 Å². The lowest BCUT2D eigenvalue weighted by Gasteiger charge is -2.09. The van der Waals surface area contributed by atoms with Gasteiger partial charge in [-0.1, -0.05) is 29.3 Å². The summed E-state index contributed by atoms with van der Waals surface area (Å²) < 4.78 is 42.6. The van der Waals surface area contributed by atoms with E-state index < -0.39 is 11.9 Å². The van der Waals surface area contributed by atoms with Crippen molar-refractivity contribution in [3.05, 3.63) is 61.4 Å². The van der Waals surface area contributed by atoms with Crippen LogP contribution in [0.3, 0.4) is 0 Å². The van der Waals surface area contributed by atoms with Crippen molar-refractivity contribution in [3.8, 4) is 0 Å². The molecule has 1 amide bonds. The predicted octanol–water partition coefficient (Wildman–Crippen LogP) is 6.43. The Morgan fingerprint density at radius 2 is 1.88 bits per heavy atom. The number of hydrogen-bond donors (Lipinski definition) is 1. The molecule has 3 aromatic rings. The molecule has 0 saturated heterocycles. The van der Waals surface area contributed by atoms with Crippen LogP contribution in [-0.4, -0.2) is 25.5 Å². The summed E-state index contributed by atoms with van der Waals surface area (Å²) in [7, 11) is 0. The van der Waals surface area contributed by atoms with Gasteiger partial charge in [0.25, 0.3) is 0 Å². The Kier molecular flexibility index (Phi) is 6.80. The van der Waals surface area contributed by atoms with Crippen LogP contribution in [0.1, 0.15) is 47.8 Å². The largest absolute Gasteiger partial charge is 0.436 e. The molecule has 12 heteroatoms. The molecule has 0 radical (unpaired) electrons. The lowest BCUT2D eigenvalue weighted by Crippen LogP contribution is -2.17. The molecule has 1 saturated carbocycles. The van der Waals surface area contributed by atoms with E-state index in [1.807, 2.05) is 6.92 Å². The van der Waals surface area contributed by atoms with E-state index in [-0.39, 0.29) is 29.3 Å². The van der Waals surface area contributed by atoms with Crippen LogP contribution in [0.4, 0.5) is 19.0 Å². The summed E-state index contributed by atoms with van der Waals surface area (Å²) in [5.74, 6) is -0.0147. The molecule has 0 atom stereocenters. The van der Waals surface area contributed by atoms with Crippen molar-refractivity contribution in [2.24, 2.45) is 0 Å². The van der Waals surface area contributed by atoms with Gasteiger partial charge in [0, 0.05) is 39.7 Å². The number of carbonyl (C=O) groups excluding carboxylic acids is 1. The molecular weight excluding hydrogens is 546 g/mol. The Labute approximate surface area is 206 Å². The SMILES string of the molecule is Cc1cc(NC(=O)CCn2nc(C(F)(F)F)c(Br)c2C2CC2)nn1Cc1c(Cl)cccc1Cl. The molecule has 4 rings (SSSR count). The first-order chi connectivity index (χ1) is 15.5. The van der Waals surface area contributed by atoms with Gasteiger partial charge in [0.05, 0.1) is 23.3 Å². The quantitative estimate of drug-likeness (QED) is 0.359. The number of carbonyl (C=O) groups is 1. The lowest BCUT2D eigenvalue weighted by atomic mass is 10.2. The second-order valence-corrected chi connectivity index (χ2v) is 9.48. The van der Waals surface area contributed by atoms with Crippen LogP contribution in [-0.2, 0) is 24.1 Å². The number of anilines is 1. The van der Waals surface area contributed by atoms with Crippen LogP contribution >= 0.6 is 39.1 Å². The number of nitrogens with zero attached hydrogens (tertiary/aromatic N) is 4. The number of aryl methyl sites for hydroxylation is 2. The van der Waals surface area contributed by atoms with Crippen LogP contribution in [0.25, 0.3) is 0 Å². The summed E-state index contributed by atoms with van der Waals surface area (Å²) in [5, 5.41) is 11.8. The summed E-state index contributed by atoms with van der Waals surface area (Å²) in [4.78, 5) is 12.5. The van der Waals surface area contributed by atoms with Gasteiger partial charge in [-0.15, -0.1) is 0 Å². The number of nitrogens with one attached hydrogen (secondary N) is 1. The number of halogens is 6. The monoisotopic (exact) mass is 563 g/mol. The standard InChI is InChI=1S/C21H19BrCl2F3N5O/c1-11-9-16(29-32(11)10-13-14(23)3-2-4-15(13)24)28-17(33)7-8-31-19(12-5-6-12)18(22)20(30-31)21(25,26)27/h2-4,9,12H,5-8,10H2,1H3,(H,28,29,33). The van der Waals surface area contributed by atoms with E-state index in [9.17, 15) is 18.0 Å². The average molecular weight is 565 g/mol. The number of hydrogen-bond acceptors (Lipinski definition) is 3. The maximum atomic E-state index is 13.2. The Bertz CT molecular complexity index is 1180. The first-order valence-corrected chi connectivity index (χ1v) is 11.7. The highest BCUT2D eigenvalue weighted by molar-refractivity contribution is 9.10. The van der Waals surface area contributed by atoms with Crippen LogP contribution in [0.15, 0.2) is 28.7 Å². The predicted molar refractivity (Wildman–Crippen MR) is 123 cm³/mol. The fraction of sp³-hybridized carbons (Fsp3) is 0.381. The topological polar surface area (TPSA) is 64.7 Å². The van der Waals surface area contributed by atoms with Gasteiger partial charge in [-0.2, -0.15) is 23.4 Å². The van der Waals surface area contributed by atoms with Crippen molar-refractivity contribution in [1.82, 2.24) is 19.6 Å². The Hall–Kier alpha value is -2.04. The molecule has 0 spiro atoms. The summed E-state index contributed by atoms with van der Waals surface area (Å²) in [6.07, 6.45) is -3.00. The van der Waals surface area contributed by atoms with Crippen LogP contribution in [0.2, 0.25) is 10.0 Å². The zero-order valence-corrected chi connectivity index (χ0v) is 20.5. The molecule has 1 fully saturated rings. The number of amides is 1. The van der Waals surface area contributed by atoms with Crippen molar-refractivity contribution >= 4 is 50.9 Å². The molecule has 0 bridgehead atoms. The van der Waals surface area contributed by atoms with Gasteiger partial charge in [0.1, 0.15) is 0 Å². The molecule has 0 unspecified atom stereocenters. The fourth-order valence-corrected chi connectivity index (χ4v) is 4.88. The zero-order chi connectivity index (χ0) is 23.9. The van der Waals surface area contributed by atoms with Crippen molar-refractivity contribution in [2.75, 3.05) is 5.32 Å².